The average molecular weight is 273 g/mol. The van der Waals surface area contributed by atoms with E-state index < -0.39 is 5.97 Å². The van der Waals surface area contributed by atoms with Crippen molar-refractivity contribution < 1.29 is 9.90 Å². The van der Waals surface area contributed by atoms with Gasteiger partial charge in [0.1, 0.15) is 10.2 Å². The predicted molar refractivity (Wildman–Crippen MR) is 62.4 cm³/mol. The van der Waals surface area contributed by atoms with Crippen molar-refractivity contribution in [2.75, 3.05) is 0 Å². The molecule has 0 unspecified atom stereocenters. The fourth-order valence-electron chi connectivity index (χ4n) is 0.974. The van der Waals surface area contributed by atoms with Gasteiger partial charge < -0.3 is 5.11 Å². The summed E-state index contributed by atoms with van der Waals surface area (Å²) in [7, 11) is 0. The molecule has 0 spiro atoms. The second-order valence-corrected chi connectivity index (χ2v) is 5.24. The molecule has 0 saturated carbocycles. The van der Waals surface area contributed by atoms with Crippen molar-refractivity contribution in [3.63, 3.8) is 0 Å². The van der Waals surface area contributed by atoms with E-state index in [1.165, 1.54) is 41.4 Å². The van der Waals surface area contributed by atoms with Crippen molar-refractivity contribution in [1.29, 1.82) is 0 Å². The van der Waals surface area contributed by atoms with Crippen LogP contribution in [0.2, 0.25) is 5.15 Å². The highest BCUT2D eigenvalue weighted by Gasteiger charge is 2.07. The lowest BCUT2D eigenvalue weighted by atomic mass is 10.3. The molecule has 2 rings (SSSR count). The van der Waals surface area contributed by atoms with Gasteiger partial charge >= 0.3 is 5.97 Å². The molecule has 0 bridgehead atoms. The first-order valence-electron chi connectivity index (χ1n) is 4.13. The maximum atomic E-state index is 10.7. The molecular weight excluding hydrogens is 268 g/mol. The normalized spacial score (nSPS) is 10.3. The number of carbonyl (C=O) groups is 1. The highest BCUT2D eigenvalue weighted by molar-refractivity contribution is 8.01. The van der Waals surface area contributed by atoms with Gasteiger partial charge in [-0.1, -0.05) is 11.6 Å². The SMILES string of the molecule is O=C(O)c1ccnc(Sc2nc(Cl)cs2)c1. The quantitative estimate of drug-likeness (QED) is 0.930. The fraction of sp³-hybridized carbons (Fsp3) is 0. The van der Waals surface area contributed by atoms with E-state index in [1.807, 2.05) is 0 Å². The number of nitrogens with zero attached hydrogens (tertiary/aromatic N) is 2. The smallest absolute Gasteiger partial charge is 0.335 e. The number of carboxylic acids is 1. The topological polar surface area (TPSA) is 63.1 Å². The van der Waals surface area contributed by atoms with Crippen molar-refractivity contribution in [3.8, 4) is 0 Å². The van der Waals surface area contributed by atoms with Crippen molar-refractivity contribution in [2.45, 2.75) is 9.37 Å². The van der Waals surface area contributed by atoms with E-state index in [1.54, 1.807) is 5.38 Å². The monoisotopic (exact) mass is 272 g/mol. The molecule has 16 heavy (non-hydrogen) atoms. The van der Waals surface area contributed by atoms with Crippen LogP contribution >= 0.6 is 34.7 Å². The van der Waals surface area contributed by atoms with Gasteiger partial charge in [-0.3, -0.25) is 0 Å². The van der Waals surface area contributed by atoms with Crippen LogP contribution in [-0.2, 0) is 0 Å². The second-order valence-electron chi connectivity index (χ2n) is 2.73. The van der Waals surface area contributed by atoms with E-state index in [0.29, 0.717) is 10.2 Å². The van der Waals surface area contributed by atoms with E-state index >= 15 is 0 Å². The van der Waals surface area contributed by atoms with E-state index in [-0.39, 0.29) is 5.56 Å². The number of hydrogen-bond acceptors (Lipinski definition) is 5. The van der Waals surface area contributed by atoms with Gasteiger partial charge in [-0.05, 0) is 23.9 Å². The van der Waals surface area contributed by atoms with Crippen LogP contribution in [0.1, 0.15) is 10.4 Å². The molecule has 2 aromatic rings. The van der Waals surface area contributed by atoms with Gasteiger partial charge in [0, 0.05) is 11.6 Å². The standard InChI is InChI=1S/C9H5ClN2O2S2/c10-6-4-15-9(12-6)16-7-3-5(8(13)14)1-2-11-7/h1-4H,(H,13,14). The summed E-state index contributed by atoms with van der Waals surface area (Å²) in [5.74, 6) is -0.971. The second kappa shape index (κ2) is 4.82. The lowest BCUT2D eigenvalue weighted by molar-refractivity contribution is 0.0696. The number of aromatic nitrogens is 2. The third kappa shape index (κ3) is 2.72. The molecule has 0 aliphatic carbocycles. The maximum Gasteiger partial charge on any atom is 0.335 e. The highest BCUT2D eigenvalue weighted by Crippen LogP contribution is 2.30. The van der Waals surface area contributed by atoms with Gasteiger partial charge in [0.25, 0.3) is 0 Å². The number of hydrogen-bond donors (Lipinski definition) is 1. The Bertz CT molecular complexity index is 530. The number of halogens is 1. The van der Waals surface area contributed by atoms with Crippen molar-refractivity contribution in [3.05, 3.63) is 34.4 Å². The van der Waals surface area contributed by atoms with Gasteiger partial charge in [-0.15, -0.1) is 11.3 Å². The van der Waals surface area contributed by atoms with E-state index in [2.05, 4.69) is 9.97 Å². The van der Waals surface area contributed by atoms with E-state index in [9.17, 15) is 4.79 Å². The summed E-state index contributed by atoms with van der Waals surface area (Å²) in [4.78, 5) is 18.8. The summed E-state index contributed by atoms with van der Waals surface area (Å²) in [6, 6.07) is 2.95. The van der Waals surface area contributed by atoms with Gasteiger partial charge in [0.2, 0.25) is 0 Å². The number of aromatic carboxylic acids is 1. The lowest BCUT2D eigenvalue weighted by Gasteiger charge is -1.98. The van der Waals surface area contributed by atoms with E-state index in [4.69, 9.17) is 16.7 Å². The zero-order chi connectivity index (χ0) is 11.5. The minimum atomic E-state index is -0.971. The highest BCUT2D eigenvalue weighted by atomic mass is 35.5. The fourth-order valence-corrected chi connectivity index (χ4v) is 2.91. The molecule has 2 aromatic heterocycles. The van der Waals surface area contributed by atoms with Gasteiger partial charge in [-0.25, -0.2) is 14.8 Å². The van der Waals surface area contributed by atoms with Crippen molar-refractivity contribution in [1.82, 2.24) is 9.97 Å². The summed E-state index contributed by atoms with van der Waals surface area (Å²) in [6.07, 6.45) is 1.46. The Morgan fingerprint density at radius 1 is 1.56 bits per heavy atom. The molecular formula is C9H5ClN2O2S2. The largest absolute Gasteiger partial charge is 0.478 e. The molecule has 0 amide bonds. The molecule has 4 nitrogen and oxygen atoms in total. The zero-order valence-corrected chi connectivity index (χ0v) is 10.1. The minimum Gasteiger partial charge on any atom is -0.478 e. The Labute approximate surface area is 104 Å². The first-order valence-corrected chi connectivity index (χ1v) is 6.21. The van der Waals surface area contributed by atoms with Crippen LogP contribution in [0.25, 0.3) is 0 Å². The zero-order valence-electron chi connectivity index (χ0n) is 7.75. The van der Waals surface area contributed by atoms with Crippen LogP contribution in [0.5, 0.6) is 0 Å². The Hall–Kier alpha value is -1.11. The summed E-state index contributed by atoms with van der Waals surface area (Å²) in [5, 5.41) is 11.5. The molecule has 82 valence electrons. The third-order valence-corrected chi connectivity index (χ3v) is 3.82. The molecule has 0 aliphatic heterocycles. The first kappa shape index (κ1) is 11.4. The molecule has 0 aromatic carbocycles. The van der Waals surface area contributed by atoms with Crippen LogP contribution in [0.4, 0.5) is 0 Å². The predicted octanol–water partition coefficient (Wildman–Crippen LogP) is 3.04. The summed E-state index contributed by atoms with van der Waals surface area (Å²) < 4.78 is 0.736. The molecule has 0 saturated heterocycles. The van der Waals surface area contributed by atoms with Crippen LogP contribution in [0.3, 0.4) is 0 Å². The maximum absolute atomic E-state index is 10.7. The number of pyridine rings is 1. The van der Waals surface area contributed by atoms with Crippen LogP contribution in [0, 0.1) is 0 Å². The third-order valence-electron chi connectivity index (χ3n) is 1.63. The Balaban J connectivity index is 2.21. The Kier molecular flexibility index (Phi) is 3.42. The molecule has 2 heterocycles. The molecule has 0 radical (unpaired) electrons. The summed E-state index contributed by atoms with van der Waals surface area (Å²) >= 11 is 8.36. The van der Waals surface area contributed by atoms with Gasteiger partial charge in [0.05, 0.1) is 5.56 Å². The molecule has 0 aliphatic rings. The number of thiazole rings is 1. The summed E-state index contributed by atoms with van der Waals surface area (Å²) in [5.41, 5.74) is 0.208. The minimum absolute atomic E-state index is 0.208. The van der Waals surface area contributed by atoms with Crippen LogP contribution in [0.15, 0.2) is 33.1 Å². The molecule has 1 N–H and O–H groups in total. The van der Waals surface area contributed by atoms with Crippen molar-refractivity contribution >= 4 is 40.7 Å². The lowest BCUT2D eigenvalue weighted by Crippen LogP contribution is -1.96. The summed E-state index contributed by atoms with van der Waals surface area (Å²) in [6.45, 7) is 0. The molecule has 0 fully saturated rings. The Morgan fingerprint density at radius 3 is 3.00 bits per heavy atom. The number of carboxylic acid groups (broad SMARTS) is 1. The number of rotatable bonds is 3. The molecule has 0 atom stereocenters. The van der Waals surface area contributed by atoms with Crippen LogP contribution in [-0.4, -0.2) is 21.0 Å². The van der Waals surface area contributed by atoms with Gasteiger partial charge in [-0.2, -0.15) is 0 Å². The molecule has 7 heteroatoms. The first-order chi connectivity index (χ1) is 7.65. The Morgan fingerprint density at radius 2 is 2.38 bits per heavy atom. The van der Waals surface area contributed by atoms with Crippen LogP contribution < -0.4 is 0 Å². The van der Waals surface area contributed by atoms with Crippen molar-refractivity contribution in [2.24, 2.45) is 0 Å². The van der Waals surface area contributed by atoms with E-state index in [0.717, 1.165) is 4.34 Å². The average Bonchev–Trinajstić information content (AvgIpc) is 2.64. The van der Waals surface area contributed by atoms with Gasteiger partial charge in [0.15, 0.2) is 4.34 Å².